The van der Waals surface area contributed by atoms with E-state index in [1.165, 1.54) is 0 Å². The molecule has 0 fully saturated rings. The van der Waals surface area contributed by atoms with Gasteiger partial charge in [-0.2, -0.15) is 0 Å². The highest BCUT2D eigenvalue weighted by Gasteiger charge is 2.09. The lowest BCUT2D eigenvalue weighted by Crippen LogP contribution is -2.11. The Labute approximate surface area is 104 Å². The van der Waals surface area contributed by atoms with Crippen LogP contribution in [-0.4, -0.2) is 19.8 Å². The SMILES string of the molecule is CCOCCCOc1ccccc1C(N)CC. The van der Waals surface area contributed by atoms with Gasteiger partial charge in [-0.15, -0.1) is 0 Å². The van der Waals surface area contributed by atoms with Crippen molar-refractivity contribution >= 4 is 0 Å². The smallest absolute Gasteiger partial charge is 0.124 e. The van der Waals surface area contributed by atoms with E-state index in [2.05, 4.69) is 6.92 Å². The topological polar surface area (TPSA) is 44.5 Å². The second-order valence-corrected chi connectivity index (χ2v) is 3.95. The molecular formula is C14H23NO2. The van der Waals surface area contributed by atoms with Crippen molar-refractivity contribution in [3.8, 4) is 5.75 Å². The summed E-state index contributed by atoms with van der Waals surface area (Å²) in [6.07, 6.45) is 1.82. The monoisotopic (exact) mass is 237 g/mol. The van der Waals surface area contributed by atoms with Crippen molar-refractivity contribution in [2.45, 2.75) is 32.7 Å². The van der Waals surface area contributed by atoms with Gasteiger partial charge >= 0.3 is 0 Å². The summed E-state index contributed by atoms with van der Waals surface area (Å²) in [7, 11) is 0. The molecule has 96 valence electrons. The van der Waals surface area contributed by atoms with Crippen molar-refractivity contribution in [3.63, 3.8) is 0 Å². The number of para-hydroxylation sites is 1. The number of rotatable bonds is 8. The third kappa shape index (κ3) is 4.75. The molecule has 0 bridgehead atoms. The molecule has 0 spiro atoms. The molecule has 1 atom stereocenters. The Bertz CT molecular complexity index is 315. The van der Waals surface area contributed by atoms with E-state index >= 15 is 0 Å². The Kier molecular flexibility index (Phi) is 6.67. The zero-order chi connectivity index (χ0) is 12.5. The molecule has 1 aromatic rings. The van der Waals surface area contributed by atoms with Crippen LogP contribution < -0.4 is 10.5 Å². The van der Waals surface area contributed by atoms with Crippen LogP contribution in [-0.2, 0) is 4.74 Å². The molecule has 1 rings (SSSR count). The molecule has 0 aliphatic heterocycles. The maximum atomic E-state index is 6.04. The van der Waals surface area contributed by atoms with Crippen LogP contribution in [0.4, 0.5) is 0 Å². The van der Waals surface area contributed by atoms with Gasteiger partial charge in [0.15, 0.2) is 0 Å². The standard InChI is InChI=1S/C14H23NO2/c1-3-13(15)12-8-5-6-9-14(12)17-11-7-10-16-4-2/h5-6,8-9,13H,3-4,7,10-11,15H2,1-2H3. The van der Waals surface area contributed by atoms with Gasteiger partial charge in [-0.25, -0.2) is 0 Å². The summed E-state index contributed by atoms with van der Waals surface area (Å²) >= 11 is 0. The average Bonchev–Trinajstić information content (AvgIpc) is 2.38. The van der Waals surface area contributed by atoms with Crippen LogP contribution in [0.5, 0.6) is 5.75 Å². The molecule has 3 nitrogen and oxygen atoms in total. The number of hydrogen-bond acceptors (Lipinski definition) is 3. The first-order chi connectivity index (χ1) is 8.29. The summed E-state index contributed by atoms with van der Waals surface area (Å²) in [6.45, 7) is 6.26. The first-order valence-corrected chi connectivity index (χ1v) is 6.34. The molecule has 0 amide bonds. The molecule has 0 saturated heterocycles. The van der Waals surface area contributed by atoms with E-state index in [4.69, 9.17) is 15.2 Å². The normalized spacial score (nSPS) is 12.4. The summed E-state index contributed by atoms with van der Waals surface area (Å²) in [5.41, 5.74) is 7.13. The van der Waals surface area contributed by atoms with Crippen LogP contribution in [0.2, 0.25) is 0 Å². The van der Waals surface area contributed by atoms with Gasteiger partial charge in [0.2, 0.25) is 0 Å². The first-order valence-electron chi connectivity index (χ1n) is 6.34. The van der Waals surface area contributed by atoms with Crippen LogP contribution in [0.15, 0.2) is 24.3 Å². The first kappa shape index (κ1) is 14.0. The van der Waals surface area contributed by atoms with Crippen molar-refractivity contribution in [1.29, 1.82) is 0 Å². The van der Waals surface area contributed by atoms with Crippen LogP contribution in [0.3, 0.4) is 0 Å². The third-order valence-corrected chi connectivity index (χ3v) is 2.65. The van der Waals surface area contributed by atoms with Gasteiger partial charge in [0.05, 0.1) is 6.61 Å². The molecule has 0 saturated carbocycles. The van der Waals surface area contributed by atoms with Crippen molar-refractivity contribution in [1.82, 2.24) is 0 Å². The average molecular weight is 237 g/mol. The minimum absolute atomic E-state index is 0.0538. The fourth-order valence-electron chi connectivity index (χ4n) is 1.63. The summed E-state index contributed by atoms with van der Waals surface area (Å²) in [4.78, 5) is 0. The largest absolute Gasteiger partial charge is 0.493 e. The second-order valence-electron chi connectivity index (χ2n) is 3.95. The molecule has 1 unspecified atom stereocenters. The number of nitrogens with two attached hydrogens (primary N) is 1. The number of ether oxygens (including phenoxy) is 2. The highest BCUT2D eigenvalue weighted by Crippen LogP contribution is 2.25. The zero-order valence-corrected chi connectivity index (χ0v) is 10.8. The Morgan fingerprint density at radius 1 is 1.18 bits per heavy atom. The van der Waals surface area contributed by atoms with Gasteiger partial charge in [-0.3, -0.25) is 0 Å². The lowest BCUT2D eigenvalue weighted by Gasteiger charge is -2.15. The van der Waals surface area contributed by atoms with Crippen LogP contribution in [0.1, 0.15) is 38.3 Å². The lowest BCUT2D eigenvalue weighted by atomic mass is 10.0. The fourth-order valence-corrected chi connectivity index (χ4v) is 1.63. The van der Waals surface area contributed by atoms with E-state index < -0.39 is 0 Å². The van der Waals surface area contributed by atoms with Gasteiger partial charge in [0.25, 0.3) is 0 Å². The molecule has 2 N–H and O–H groups in total. The van der Waals surface area contributed by atoms with E-state index in [9.17, 15) is 0 Å². The molecule has 0 radical (unpaired) electrons. The highest BCUT2D eigenvalue weighted by atomic mass is 16.5. The fraction of sp³-hybridized carbons (Fsp3) is 0.571. The van der Waals surface area contributed by atoms with Gasteiger partial charge < -0.3 is 15.2 Å². The van der Waals surface area contributed by atoms with Crippen molar-refractivity contribution in [2.75, 3.05) is 19.8 Å². The van der Waals surface area contributed by atoms with Gasteiger partial charge in [0.1, 0.15) is 5.75 Å². The quantitative estimate of drug-likeness (QED) is 0.707. The van der Waals surface area contributed by atoms with Crippen LogP contribution in [0.25, 0.3) is 0 Å². The van der Waals surface area contributed by atoms with Crippen molar-refractivity contribution in [3.05, 3.63) is 29.8 Å². The van der Waals surface area contributed by atoms with Gasteiger partial charge in [-0.05, 0) is 19.4 Å². The maximum absolute atomic E-state index is 6.04. The van der Waals surface area contributed by atoms with Crippen LogP contribution in [0, 0.1) is 0 Å². The van der Waals surface area contributed by atoms with E-state index in [1.807, 2.05) is 31.2 Å². The molecule has 0 heterocycles. The predicted octanol–water partition coefficient (Wildman–Crippen LogP) is 2.90. The second kappa shape index (κ2) is 8.09. The number of hydrogen-bond donors (Lipinski definition) is 1. The maximum Gasteiger partial charge on any atom is 0.124 e. The van der Waals surface area contributed by atoms with Crippen molar-refractivity contribution < 1.29 is 9.47 Å². The van der Waals surface area contributed by atoms with Crippen LogP contribution >= 0.6 is 0 Å². The Morgan fingerprint density at radius 2 is 1.94 bits per heavy atom. The van der Waals surface area contributed by atoms with Crippen molar-refractivity contribution in [2.24, 2.45) is 5.73 Å². The van der Waals surface area contributed by atoms with Gasteiger partial charge in [0, 0.05) is 31.2 Å². The highest BCUT2D eigenvalue weighted by molar-refractivity contribution is 5.35. The molecule has 1 aromatic carbocycles. The molecular weight excluding hydrogens is 214 g/mol. The van der Waals surface area contributed by atoms with E-state index in [0.29, 0.717) is 6.61 Å². The minimum Gasteiger partial charge on any atom is -0.493 e. The third-order valence-electron chi connectivity index (χ3n) is 2.65. The minimum atomic E-state index is 0.0538. The molecule has 0 aliphatic rings. The van der Waals surface area contributed by atoms with E-state index in [1.54, 1.807) is 0 Å². The summed E-state index contributed by atoms with van der Waals surface area (Å²) in [5.74, 6) is 0.901. The Morgan fingerprint density at radius 3 is 2.65 bits per heavy atom. The molecule has 17 heavy (non-hydrogen) atoms. The summed E-state index contributed by atoms with van der Waals surface area (Å²) < 4.78 is 11.0. The zero-order valence-electron chi connectivity index (χ0n) is 10.8. The molecule has 0 aromatic heterocycles. The van der Waals surface area contributed by atoms with E-state index in [-0.39, 0.29) is 6.04 Å². The Balaban J connectivity index is 2.46. The van der Waals surface area contributed by atoms with E-state index in [0.717, 1.165) is 37.4 Å². The predicted molar refractivity (Wildman–Crippen MR) is 70.3 cm³/mol. The summed E-state index contributed by atoms with van der Waals surface area (Å²) in [5, 5.41) is 0. The Hall–Kier alpha value is -1.06. The number of benzene rings is 1. The summed E-state index contributed by atoms with van der Waals surface area (Å²) in [6, 6.07) is 8.04. The molecule has 3 heteroatoms. The molecule has 0 aliphatic carbocycles. The lowest BCUT2D eigenvalue weighted by molar-refractivity contribution is 0.130. The van der Waals surface area contributed by atoms with Gasteiger partial charge in [-0.1, -0.05) is 25.1 Å².